The molecule has 0 unspecified atom stereocenters. The van der Waals surface area contributed by atoms with Gasteiger partial charge in [0, 0.05) is 0 Å². The van der Waals surface area contributed by atoms with E-state index in [-0.39, 0.29) is 6.54 Å². The van der Waals surface area contributed by atoms with Gasteiger partial charge in [0.1, 0.15) is 0 Å². The number of methoxy groups -OCH3 is 1. The zero-order chi connectivity index (χ0) is 10.8. The lowest BCUT2D eigenvalue weighted by Gasteiger charge is -2.00. The third-order valence-electron chi connectivity index (χ3n) is 1.98. The second-order valence-corrected chi connectivity index (χ2v) is 2.90. The van der Waals surface area contributed by atoms with E-state index < -0.39 is 5.97 Å². The van der Waals surface area contributed by atoms with E-state index in [0.717, 1.165) is 0 Å². The minimum Gasteiger partial charge on any atom is -0.464 e. The molecule has 0 saturated carbocycles. The predicted octanol–water partition coefficient (Wildman–Crippen LogP) is -0.0254. The molecule has 0 aromatic carbocycles. The van der Waals surface area contributed by atoms with Crippen molar-refractivity contribution < 1.29 is 9.53 Å². The Morgan fingerprint density at radius 3 is 3.07 bits per heavy atom. The lowest BCUT2D eigenvalue weighted by molar-refractivity contribution is 0.0591. The molecule has 0 amide bonds. The molecular formula is C9H10N4O2. The number of carbonyl (C=O) groups excluding carboxylic acids is 1. The summed E-state index contributed by atoms with van der Waals surface area (Å²) >= 11 is 0. The van der Waals surface area contributed by atoms with E-state index in [9.17, 15) is 4.79 Å². The first-order valence-electron chi connectivity index (χ1n) is 4.39. The lowest BCUT2D eigenvalue weighted by atomic mass is 10.3. The maximum absolute atomic E-state index is 11.4. The van der Waals surface area contributed by atoms with E-state index in [2.05, 4.69) is 14.8 Å². The molecule has 78 valence electrons. The number of nitrogens with two attached hydrogens (primary N) is 1. The van der Waals surface area contributed by atoms with Gasteiger partial charge in [-0.3, -0.25) is 0 Å². The number of rotatable bonds is 2. The molecule has 2 heterocycles. The largest absolute Gasteiger partial charge is 0.464 e. The summed E-state index contributed by atoms with van der Waals surface area (Å²) in [6.45, 7) is 0.238. The number of fused-ring (bicyclic) bond motifs is 1. The van der Waals surface area contributed by atoms with E-state index in [1.807, 2.05) is 0 Å². The maximum Gasteiger partial charge on any atom is 0.356 e. The number of esters is 1. The highest BCUT2D eigenvalue weighted by Gasteiger charge is 2.12. The number of pyridine rings is 1. The second kappa shape index (κ2) is 3.66. The van der Waals surface area contributed by atoms with Crippen LogP contribution in [0.4, 0.5) is 0 Å². The van der Waals surface area contributed by atoms with Crippen LogP contribution in [0.2, 0.25) is 0 Å². The Bertz CT molecular complexity index is 506. The van der Waals surface area contributed by atoms with E-state index in [1.54, 1.807) is 18.2 Å². The summed E-state index contributed by atoms with van der Waals surface area (Å²) in [4.78, 5) is 15.5. The van der Waals surface area contributed by atoms with Gasteiger partial charge < -0.3 is 10.5 Å². The van der Waals surface area contributed by atoms with Gasteiger partial charge in [0.05, 0.1) is 13.7 Å². The molecule has 0 aliphatic rings. The average molecular weight is 206 g/mol. The highest BCUT2D eigenvalue weighted by Crippen LogP contribution is 2.06. The van der Waals surface area contributed by atoms with Gasteiger partial charge >= 0.3 is 5.97 Å². The molecule has 15 heavy (non-hydrogen) atoms. The summed E-state index contributed by atoms with van der Waals surface area (Å²) in [5.41, 5.74) is 6.34. The first-order chi connectivity index (χ1) is 7.26. The minimum atomic E-state index is -0.450. The summed E-state index contributed by atoms with van der Waals surface area (Å²) in [6.07, 6.45) is 0. The van der Waals surface area contributed by atoms with E-state index in [4.69, 9.17) is 5.73 Å². The number of hydrogen-bond acceptors (Lipinski definition) is 5. The Labute approximate surface area is 85.7 Å². The van der Waals surface area contributed by atoms with Gasteiger partial charge in [-0.25, -0.2) is 14.3 Å². The Hall–Kier alpha value is -1.95. The highest BCUT2D eigenvalue weighted by molar-refractivity contribution is 5.88. The van der Waals surface area contributed by atoms with Crippen LogP contribution in [0.1, 0.15) is 16.3 Å². The molecule has 0 fully saturated rings. The van der Waals surface area contributed by atoms with Crippen molar-refractivity contribution in [2.75, 3.05) is 7.11 Å². The van der Waals surface area contributed by atoms with Crippen molar-refractivity contribution in [1.29, 1.82) is 0 Å². The third kappa shape index (κ3) is 1.55. The Kier molecular flexibility index (Phi) is 2.34. The van der Waals surface area contributed by atoms with Crippen LogP contribution in [-0.4, -0.2) is 27.7 Å². The molecule has 0 bridgehead atoms. The van der Waals surface area contributed by atoms with E-state index in [0.29, 0.717) is 17.2 Å². The molecule has 0 aliphatic carbocycles. The predicted molar refractivity (Wildman–Crippen MR) is 52.2 cm³/mol. The van der Waals surface area contributed by atoms with Crippen LogP contribution >= 0.6 is 0 Å². The summed E-state index contributed by atoms with van der Waals surface area (Å²) in [7, 11) is 1.32. The fourth-order valence-electron chi connectivity index (χ4n) is 1.30. The van der Waals surface area contributed by atoms with Crippen LogP contribution in [0, 0.1) is 0 Å². The summed E-state index contributed by atoms with van der Waals surface area (Å²) in [5.74, 6) is 0.0421. The smallest absolute Gasteiger partial charge is 0.356 e. The number of nitrogens with zero attached hydrogens (tertiary/aromatic N) is 3. The van der Waals surface area contributed by atoms with Gasteiger partial charge in [0.2, 0.25) is 0 Å². The standard InChI is InChI=1S/C9H10N4O2/c1-15-9(14)6-3-2-4-8-11-7(5-10)12-13(6)8/h2-4H,5,10H2,1H3. The van der Waals surface area contributed by atoms with Gasteiger partial charge in [-0.2, -0.15) is 0 Å². The summed E-state index contributed by atoms with van der Waals surface area (Å²) < 4.78 is 6.05. The van der Waals surface area contributed by atoms with Crippen molar-refractivity contribution in [3.8, 4) is 0 Å². The van der Waals surface area contributed by atoms with Crippen LogP contribution in [0.3, 0.4) is 0 Å². The fourth-order valence-corrected chi connectivity index (χ4v) is 1.30. The molecule has 0 aliphatic heterocycles. The SMILES string of the molecule is COC(=O)c1cccc2nc(CN)nn12. The second-order valence-electron chi connectivity index (χ2n) is 2.90. The van der Waals surface area contributed by atoms with Crippen molar-refractivity contribution in [3.63, 3.8) is 0 Å². The Balaban J connectivity index is 2.64. The molecule has 0 spiro atoms. The van der Waals surface area contributed by atoms with Crippen LogP contribution < -0.4 is 5.73 Å². The van der Waals surface area contributed by atoms with Crippen molar-refractivity contribution in [3.05, 3.63) is 29.7 Å². The molecule has 2 aromatic heterocycles. The third-order valence-corrected chi connectivity index (χ3v) is 1.98. The maximum atomic E-state index is 11.4. The van der Waals surface area contributed by atoms with Gasteiger partial charge in [-0.05, 0) is 12.1 Å². The molecule has 0 atom stereocenters. The average Bonchev–Trinajstić information content (AvgIpc) is 2.70. The number of ether oxygens (including phenoxy) is 1. The molecule has 2 N–H and O–H groups in total. The highest BCUT2D eigenvalue weighted by atomic mass is 16.5. The lowest BCUT2D eigenvalue weighted by Crippen LogP contribution is -2.09. The Morgan fingerprint density at radius 1 is 1.60 bits per heavy atom. The molecule has 6 nitrogen and oxygen atoms in total. The quantitative estimate of drug-likeness (QED) is 0.698. The van der Waals surface area contributed by atoms with E-state index in [1.165, 1.54) is 11.6 Å². The van der Waals surface area contributed by atoms with Gasteiger partial charge in [0.15, 0.2) is 17.2 Å². The zero-order valence-corrected chi connectivity index (χ0v) is 8.17. The van der Waals surface area contributed by atoms with Crippen LogP contribution in [0.25, 0.3) is 5.65 Å². The molecule has 2 rings (SSSR count). The fraction of sp³-hybridized carbons (Fsp3) is 0.222. The number of aromatic nitrogens is 3. The number of carbonyl (C=O) groups is 1. The first-order valence-corrected chi connectivity index (χ1v) is 4.39. The molecular weight excluding hydrogens is 196 g/mol. The molecule has 0 radical (unpaired) electrons. The van der Waals surface area contributed by atoms with Gasteiger partial charge in [0.25, 0.3) is 0 Å². The first kappa shape index (κ1) is 9.60. The van der Waals surface area contributed by atoms with Gasteiger partial charge in [-0.1, -0.05) is 6.07 Å². The molecule has 2 aromatic rings. The summed E-state index contributed by atoms with van der Waals surface area (Å²) in [5, 5.41) is 4.08. The molecule has 6 heteroatoms. The van der Waals surface area contributed by atoms with Crippen molar-refractivity contribution in [2.24, 2.45) is 5.73 Å². The van der Waals surface area contributed by atoms with Crippen LogP contribution in [0.15, 0.2) is 18.2 Å². The van der Waals surface area contributed by atoms with E-state index >= 15 is 0 Å². The molecule has 0 saturated heterocycles. The topological polar surface area (TPSA) is 82.5 Å². The van der Waals surface area contributed by atoms with Crippen LogP contribution in [-0.2, 0) is 11.3 Å². The monoisotopic (exact) mass is 206 g/mol. The number of hydrogen-bond donors (Lipinski definition) is 1. The zero-order valence-electron chi connectivity index (χ0n) is 8.17. The normalized spacial score (nSPS) is 10.5. The summed E-state index contributed by atoms with van der Waals surface area (Å²) in [6, 6.07) is 5.09. The minimum absolute atomic E-state index is 0.238. The Morgan fingerprint density at radius 2 is 2.40 bits per heavy atom. The van der Waals surface area contributed by atoms with Crippen molar-refractivity contribution >= 4 is 11.6 Å². The van der Waals surface area contributed by atoms with Crippen LogP contribution in [0.5, 0.6) is 0 Å². The van der Waals surface area contributed by atoms with Crippen molar-refractivity contribution in [2.45, 2.75) is 6.54 Å². The van der Waals surface area contributed by atoms with Gasteiger partial charge in [-0.15, -0.1) is 5.10 Å². The van der Waals surface area contributed by atoms with Crippen molar-refractivity contribution in [1.82, 2.24) is 14.6 Å².